The number of halogens is 1. The Kier molecular flexibility index (Phi) is 6.92. The smallest absolute Gasteiger partial charge is 0.249 e. The molecule has 32 heavy (non-hydrogen) atoms. The maximum atomic E-state index is 12.3. The van der Waals surface area contributed by atoms with Crippen LogP contribution in [0.25, 0.3) is 16.1 Å². The first-order chi connectivity index (χ1) is 15.6. The molecule has 0 unspecified atom stereocenters. The first-order valence-corrected chi connectivity index (χ1v) is 11.4. The van der Waals surface area contributed by atoms with E-state index in [4.69, 9.17) is 15.3 Å². The summed E-state index contributed by atoms with van der Waals surface area (Å²) in [6.45, 7) is 0.339. The van der Waals surface area contributed by atoms with Crippen molar-refractivity contribution in [1.82, 2.24) is 14.6 Å². The predicted molar refractivity (Wildman–Crippen MR) is 125 cm³/mol. The number of aromatic nitrogens is 3. The summed E-state index contributed by atoms with van der Waals surface area (Å²) in [7, 11) is 1.52. The highest BCUT2D eigenvalue weighted by Crippen LogP contribution is 2.29. The molecule has 0 spiro atoms. The van der Waals surface area contributed by atoms with Crippen LogP contribution in [-0.4, -0.2) is 27.6 Å². The molecular weight excluding hydrogens is 474 g/mol. The fourth-order valence-corrected chi connectivity index (χ4v) is 4.57. The number of azide groups is 1. The second-order valence-electron chi connectivity index (χ2n) is 7.94. The third kappa shape index (κ3) is 4.87. The van der Waals surface area contributed by atoms with Gasteiger partial charge in [0, 0.05) is 28.8 Å². The van der Waals surface area contributed by atoms with Gasteiger partial charge in [-0.3, -0.25) is 4.79 Å². The number of hydrogen-bond donors (Lipinski definition) is 1. The molecule has 2 aromatic heterocycles. The van der Waals surface area contributed by atoms with Crippen molar-refractivity contribution in [1.29, 1.82) is 0 Å². The van der Waals surface area contributed by atoms with Gasteiger partial charge in [-0.15, -0.1) is 0 Å². The number of benzene rings is 1. The lowest BCUT2D eigenvalue weighted by atomic mass is 9.86. The van der Waals surface area contributed by atoms with Gasteiger partial charge in [0.15, 0.2) is 5.65 Å². The van der Waals surface area contributed by atoms with Gasteiger partial charge in [0.05, 0.1) is 17.8 Å². The Morgan fingerprint density at radius 3 is 2.91 bits per heavy atom. The summed E-state index contributed by atoms with van der Waals surface area (Å²) in [5.74, 6) is 1.30. The molecule has 0 atom stereocenters. The summed E-state index contributed by atoms with van der Waals surface area (Å²) in [6.07, 6.45) is 9.04. The molecule has 1 saturated carbocycles. The zero-order chi connectivity index (χ0) is 22.5. The number of nitrogens with one attached hydrogen (secondary N) is 1. The van der Waals surface area contributed by atoms with Gasteiger partial charge in [-0.25, -0.2) is 4.98 Å². The van der Waals surface area contributed by atoms with Crippen LogP contribution in [0.1, 0.15) is 53.7 Å². The lowest BCUT2D eigenvalue weighted by Gasteiger charge is -2.21. The normalized spacial score (nSPS) is 14.2. The molecule has 10 heteroatoms. The summed E-state index contributed by atoms with van der Waals surface area (Å²) in [5, 5.41) is 11.0. The number of amides is 1. The monoisotopic (exact) mass is 497 g/mol. The number of anilines is 1. The van der Waals surface area contributed by atoms with Crippen LogP contribution in [0.3, 0.4) is 0 Å². The highest BCUT2D eigenvalue weighted by Gasteiger charge is 2.18. The molecule has 1 fully saturated rings. The number of nitrogens with zero attached hydrogens (tertiary/aromatic N) is 6. The molecule has 0 saturated heterocycles. The van der Waals surface area contributed by atoms with E-state index < -0.39 is 5.91 Å². The molecular formula is C22H24BrN7O2. The minimum atomic E-state index is -0.650. The van der Waals surface area contributed by atoms with E-state index >= 15 is 0 Å². The molecule has 166 valence electrons. The van der Waals surface area contributed by atoms with Crippen LogP contribution in [0.2, 0.25) is 0 Å². The fourth-order valence-electron chi connectivity index (χ4n) is 4.22. The first-order valence-electron chi connectivity index (χ1n) is 10.6. The molecule has 3 aromatic rings. The van der Waals surface area contributed by atoms with Gasteiger partial charge in [0.25, 0.3) is 0 Å². The molecule has 1 aromatic carbocycles. The van der Waals surface area contributed by atoms with E-state index in [1.165, 1.54) is 39.2 Å². The predicted octanol–water partition coefficient (Wildman–Crippen LogP) is 5.69. The van der Waals surface area contributed by atoms with Gasteiger partial charge in [0.2, 0.25) is 5.91 Å². The van der Waals surface area contributed by atoms with Crippen LogP contribution in [0.15, 0.2) is 40.0 Å². The van der Waals surface area contributed by atoms with Crippen LogP contribution in [0, 0.1) is 5.92 Å². The van der Waals surface area contributed by atoms with Crippen LogP contribution in [0.5, 0.6) is 5.75 Å². The molecule has 9 nitrogen and oxygen atoms in total. The summed E-state index contributed by atoms with van der Waals surface area (Å²) < 4.78 is 7.79. The van der Waals surface area contributed by atoms with Crippen LogP contribution < -0.4 is 10.1 Å². The minimum absolute atomic E-state index is 0.295. The van der Waals surface area contributed by atoms with E-state index in [0.29, 0.717) is 29.3 Å². The van der Waals surface area contributed by atoms with Crippen molar-refractivity contribution in [2.24, 2.45) is 11.0 Å². The summed E-state index contributed by atoms with van der Waals surface area (Å²) in [4.78, 5) is 19.7. The Bertz CT molecular complexity index is 1180. The largest absolute Gasteiger partial charge is 0.497 e. The molecule has 1 aliphatic carbocycles. The SMILES string of the molecule is COc1ccc(CNc2cc(CC3CCCCC3)nc3c(Br)cnn23)c(C(=O)N=[N+]=[N-])c1. The topological polar surface area (TPSA) is 117 Å². The average molecular weight is 498 g/mol. The molecule has 2 heterocycles. The standard InChI is InChI=1S/C22H24BrN7O2/c1-32-17-8-7-15(18(11-17)22(31)28-29-24)12-25-20-10-16(9-14-5-3-2-4-6-14)27-21-19(23)13-26-30(20)21/h7-8,10-11,13-14,25H,2-6,9,12H2,1H3. The maximum absolute atomic E-state index is 12.3. The number of methoxy groups -OCH3 is 1. The highest BCUT2D eigenvalue weighted by atomic mass is 79.9. The van der Waals surface area contributed by atoms with E-state index in [1.54, 1.807) is 28.9 Å². The number of carbonyl (C=O) groups is 1. The van der Waals surface area contributed by atoms with Crippen molar-refractivity contribution in [3.8, 4) is 5.75 Å². The van der Waals surface area contributed by atoms with E-state index in [9.17, 15) is 4.79 Å². The van der Waals surface area contributed by atoms with Crippen molar-refractivity contribution < 1.29 is 9.53 Å². The van der Waals surface area contributed by atoms with E-state index in [1.807, 2.05) is 6.07 Å². The molecule has 0 radical (unpaired) electrons. The van der Waals surface area contributed by atoms with Crippen LogP contribution >= 0.6 is 15.9 Å². The number of rotatable bonds is 7. The Labute approximate surface area is 193 Å². The van der Waals surface area contributed by atoms with E-state index in [-0.39, 0.29) is 0 Å². The zero-order valence-electron chi connectivity index (χ0n) is 17.8. The number of carbonyl (C=O) groups excluding carboxylic acids is 1. The summed E-state index contributed by atoms with van der Waals surface area (Å²) in [5.41, 5.74) is 11.4. The molecule has 1 amide bonds. The second kappa shape index (κ2) is 10.0. The summed E-state index contributed by atoms with van der Waals surface area (Å²) in [6, 6.07) is 7.16. The van der Waals surface area contributed by atoms with Crippen LogP contribution in [-0.2, 0) is 13.0 Å². The van der Waals surface area contributed by atoms with Gasteiger partial charge in [-0.1, -0.05) is 38.2 Å². The minimum Gasteiger partial charge on any atom is -0.497 e. The Morgan fingerprint density at radius 2 is 2.16 bits per heavy atom. The third-order valence-corrected chi connectivity index (χ3v) is 6.41. The number of ether oxygens (including phenoxy) is 1. The fraction of sp³-hybridized carbons (Fsp3) is 0.409. The van der Waals surface area contributed by atoms with E-state index in [2.05, 4.69) is 36.4 Å². The van der Waals surface area contributed by atoms with Crippen molar-refractivity contribution in [2.75, 3.05) is 12.4 Å². The van der Waals surface area contributed by atoms with E-state index in [0.717, 1.165) is 28.1 Å². The average Bonchev–Trinajstić information content (AvgIpc) is 3.19. The van der Waals surface area contributed by atoms with Crippen molar-refractivity contribution >= 4 is 33.3 Å². The van der Waals surface area contributed by atoms with Crippen molar-refractivity contribution in [3.63, 3.8) is 0 Å². The lowest BCUT2D eigenvalue weighted by Crippen LogP contribution is -2.13. The van der Waals surface area contributed by atoms with Gasteiger partial charge in [0.1, 0.15) is 11.6 Å². The van der Waals surface area contributed by atoms with Gasteiger partial charge >= 0.3 is 0 Å². The lowest BCUT2D eigenvalue weighted by molar-refractivity contribution is 0.0999. The molecule has 4 rings (SSSR count). The Balaban J connectivity index is 1.63. The quantitative estimate of drug-likeness (QED) is 0.255. The van der Waals surface area contributed by atoms with Crippen molar-refractivity contribution in [2.45, 2.75) is 45.1 Å². The molecule has 1 aliphatic rings. The first kappa shape index (κ1) is 22.1. The Morgan fingerprint density at radius 1 is 1.34 bits per heavy atom. The van der Waals surface area contributed by atoms with Gasteiger partial charge < -0.3 is 10.1 Å². The number of hydrogen-bond acceptors (Lipinski definition) is 5. The summed E-state index contributed by atoms with van der Waals surface area (Å²) >= 11 is 3.54. The molecule has 0 aliphatic heterocycles. The van der Waals surface area contributed by atoms with Crippen LogP contribution in [0.4, 0.5) is 5.82 Å². The molecule has 1 N–H and O–H groups in total. The second-order valence-corrected chi connectivity index (χ2v) is 8.79. The Hall–Kier alpha value is -3.10. The third-order valence-electron chi connectivity index (χ3n) is 5.85. The molecule has 0 bridgehead atoms. The van der Waals surface area contributed by atoms with Crippen molar-refractivity contribution in [3.05, 3.63) is 62.2 Å². The van der Waals surface area contributed by atoms with Gasteiger partial charge in [-0.05, 0) is 56.6 Å². The zero-order valence-corrected chi connectivity index (χ0v) is 19.4. The highest BCUT2D eigenvalue weighted by molar-refractivity contribution is 9.10. The maximum Gasteiger partial charge on any atom is 0.249 e. The number of fused-ring (bicyclic) bond motifs is 1. The van der Waals surface area contributed by atoms with Gasteiger partial charge in [-0.2, -0.15) is 9.61 Å².